The maximum atomic E-state index is 9.86. The Kier molecular flexibility index (Phi) is 5.96. The fourth-order valence-corrected chi connectivity index (χ4v) is 1.91. The molecule has 0 aromatic heterocycles. The first kappa shape index (κ1) is 15.6. The Labute approximate surface area is 115 Å². The second-order valence-corrected chi connectivity index (χ2v) is 5.27. The highest BCUT2D eigenvalue weighted by atomic mass is 16.5. The number of phenols is 1. The van der Waals surface area contributed by atoms with Crippen LogP contribution in [0.3, 0.4) is 0 Å². The van der Waals surface area contributed by atoms with E-state index in [0.29, 0.717) is 17.4 Å². The molecule has 1 aromatic carbocycles. The minimum absolute atomic E-state index is 0.0542. The standard InChI is InChI=1S/C15H25NO3/c1-11(2)6-7-16(3)10-12-8-13(18-4)15(17)14(9-12)19-5/h8-9,11,17H,6-7,10H2,1-5H3. The SMILES string of the molecule is COc1cc(CN(C)CCC(C)C)cc(OC)c1O. The smallest absolute Gasteiger partial charge is 0.200 e. The van der Waals surface area contributed by atoms with E-state index in [9.17, 15) is 5.11 Å². The first-order valence-electron chi connectivity index (χ1n) is 6.60. The number of benzene rings is 1. The van der Waals surface area contributed by atoms with Crippen LogP contribution in [0.5, 0.6) is 17.2 Å². The number of methoxy groups -OCH3 is 2. The van der Waals surface area contributed by atoms with E-state index in [0.717, 1.165) is 18.7 Å². The zero-order valence-corrected chi connectivity index (χ0v) is 12.6. The minimum atomic E-state index is 0.0542. The van der Waals surface area contributed by atoms with Gasteiger partial charge in [0.05, 0.1) is 14.2 Å². The second-order valence-electron chi connectivity index (χ2n) is 5.27. The first-order chi connectivity index (χ1) is 8.97. The third-order valence-electron chi connectivity index (χ3n) is 3.08. The quantitative estimate of drug-likeness (QED) is 0.825. The lowest BCUT2D eigenvalue weighted by Crippen LogP contribution is -2.20. The molecular weight excluding hydrogens is 242 g/mol. The predicted molar refractivity (Wildman–Crippen MR) is 77.0 cm³/mol. The summed E-state index contributed by atoms with van der Waals surface area (Å²) in [5, 5.41) is 9.86. The van der Waals surface area contributed by atoms with Gasteiger partial charge in [0.1, 0.15) is 0 Å². The van der Waals surface area contributed by atoms with Crippen LogP contribution in [0.25, 0.3) is 0 Å². The van der Waals surface area contributed by atoms with Crippen LogP contribution in [0, 0.1) is 5.92 Å². The molecule has 0 aliphatic rings. The average Bonchev–Trinajstić information content (AvgIpc) is 2.38. The molecule has 0 aliphatic heterocycles. The Balaban J connectivity index is 2.77. The van der Waals surface area contributed by atoms with E-state index in [1.165, 1.54) is 6.42 Å². The molecule has 1 N–H and O–H groups in total. The van der Waals surface area contributed by atoms with Crippen molar-refractivity contribution in [1.29, 1.82) is 0 Å². The molecule has 1 aromatic rings. The van der Waals surface area contributed by atoms with Gasteiger partial charge < -0.3 is 19.5 Å². The number of ether oxygens (including phenoxy) is 2. The van der Waals surface area contributed by atoms with Crippen LogP contribution in [-0.2, 0) is 6.54 Å². The summed E-state index contributed by atoms with van der Waals surface area (Å²) in [4.78, 5) is 2.26. The van der Waals surface area contributed by atoms with Gasteiger partial charge in [-0.15, -0.1) is 0 Å². The molecule has 0 fully saturated rings. The van der Waals surface area contributed by atoms with Gasteiger partial charge in [-0.05, 0) is 43.6 Å². The van der Waals surface area contributed by atoms with E-state index in [2.05, 4.69) is 25.8 Å². The third-order valence-corrected chi connectivity index (χ3v) is 3.08. The van der Waals surface area contributed by atoms with Crippen LogP contribution in [0.2, 0.25) is 0 Å². The Morgan fingerprint density at radius 2 is 1.68 bits per heavy atom. The summed E-state index contributed by atoms with van der Waals surface area (Å²) in [7, 11) is 5.18. The van der Waals surface area contributed by atoms with E-state index in [1.807, 2.05) is 12.1 Å². The maximum Gasteiger partial charge on any atom is 0.200 e. The Morgan fingerprint density at radius 3 is 2.11 bits per heavy atom. The van der Waals surface area contributed by atoms with Crippen molar-refractivity contribution in [2.75, 3.05) is 27.8 Å². The lowest BCUT2D eigenvalue weighted by atomic mass is 10.1. The van der Waals surface area contributed by atoms with E-state index in [1.54, 1.807) is 14.2 Å². The Bertz CT molecular complexity index is 379. The molecule has 108 valence electrons. The second kappa shape index (κ2) is 7.24. The molecule has 0 radical (unpaired) electrons. The monoisotopic (exact) mass is 267 g/mol. The molecule has 0 amide bonds. The predicted octanol–water partition coefficient (Wildman–Crippen LogP) is 2.89. The van der Waals surface area contributed by atoms with E-state index in [4.69, 9.17) is 9.47 Å². The van der Waals surface area contributed by atoms with Crippen molar-refractivity contribution < 1.29 is 14.6 Å². The van der Waals surface area contributed by atoms with Crippen molar-refractivity contribution in [2.24, 2.45) is 5.92 Å². The Morgan fingerprint density at radius 1 is 1.16 bits per heavy atom. The summed E-state index contributed by atoms with van der Waals surface area (Å²) in [6, 6.07) is 3.70. The van der Waals surface area contributed by atoms with Crippen molar-refractivity contribution in [3.63, 3.8) is 0 Å². The van der Waals surface area contributed by atoms with Gasteiger partial charge in [-0.25, -0.2) is 0 Å². The molecule has 4 heteroatoms. The van der Waals surface area contributed by atoms with Gasteiger partial charge in [0.2, 0.25) is 5.75 Å². The van der Waals surface area contributed by atoms with Crippen LogP contribution in [-0.4, -0.2) is 37.8 Å². The molecule has 4 nitrogen and oxygen atoms in total. The van der Waals surface area contributed by atoms with E-state index in [-0.39, 0.29) is 5.75 Å². The summed E-state index contributed by atoms with van der Waals surface area (Å²) in [6.45, 7) is 6.30. The normalized spacial score (nSPS) is 11.1. The molecule has 0 unspecified atom stereocenters. The van der Waals surface area contributed by atoms with Crippen LogP contribution in [0.15, 0.2) is 12.1 Å². The van der Waals surface area contributed by atoms with Gasteiger partial charge >= 0.3 is 0 Å². The van der Waals surface area contributed by atoms with E-state index < -0.39 is 0 Å². The van der Waals surface area contributed by atoms with Gasteiger partial charge in [0.25, 0.3) is 0 Å². The molecule has 0 atom stereocenters. The molecule has 0 saturated carbocycles. The summed E-state index contributed by atoms with van der Waals surface area (Å²) >= 11 is 0. The molecule has 0 spiro atoms. The molecule has 0 saturated heterocycles. The molecule has 1 rings (SSSR count). The lowest BCUT2D eigenvalue weighted by molar-refractivity contribution is 0.300. The zero-order valence-electron chi connectivity index (χ0n) is 12.6. The summed E-state index contributed by atoms with van der Waals surface area (Å²) < 4.78 is 10.3. The molecule has 0 aliphatic carbocycles. The van der Waals surface area contributed by atoms with Crippen LogP contribution in [0.1, 0.15) is 25.8 Å². The fourth-order valence-electron chi connectivity index (χ4n) is 1.91. The first-order valence-corrected chi connectivity index (χ1v) is 6.60. The number of rotatable bonds is 7. The van der Waals surface area contributed by atoms with Crippen molar-refractivity contribution in [3.8, 4) is 17.2 Å². The number of hydrogen-bond acceptors (Lipinski definition) is 4. The van der Waals surface area contributed by atoms with Crippen LogP contribution in [0.4, 0.5) is 0 Å². The number of nitrogens with zero attached hydrogens (tertiary/aromatic N) is 1. The third kappa shape index (κ3) is 4.63. The van der Waals surface area contributed by atoms with Crippen molar-refractivity contribution in [3.05, 3.63) is 17.7 Å². The fraction of sp³-hybridized carbons (Fsp3) is 0.600. The topological polar surface area (TPSA) is 41.9 Å². The van der Waals surface area contributed by atoms with Gasteiger partial charge in [-0.1, -0.05) is 13.8 Å². The number of aromatic hydroxyl groups is 1. The summed E-state index contributed by atoms with van der Waals surface area (Å²) in [6.07, 6.45) is 1.17. The number of hydrogen-bond donors (Lipinski definition) is 1. The maximum absolute atomic E-state index is 9.86. The average molecular weight is 267 g/mol. The van der Waals surface area contributed by atoms with Crippen molar-refractivity contribution in [1.82, 2.24) is 4.90 Å². The van der Waals surface area contributed by atoms with Gasteiger partial charge in [0.15, 0.2) is 11.5 Å². The number of phenolic OH excluding ortho intramolecular Hbond substituents is 1. The summed E-state index contributed by atoms with van der Waals surface area (Å²) in [5.74, 6) is 1.66. The largest absolute Gasteiger partial charge is 0.502 e. The molecule has 0 bridgehead atoms. The Hall–Kier alpha value is -1.42. The minimum Gasteiger partial charge on any atom is -0.502 e. The van der Waals surface area contributed by atoms with Crippen molar-refractivity contribution in [2.45, 2.75) is 26.8 Å². The highest BCUT2D eigenvalue weighted by Crippen LogP contribution is 2.37. The molecular formula is C15H25NO3. The highest BCUT2D eigenvalue weighted by Gasteiger charge is 2.12. The van der Waals surface area contributed by atoms with Crippen LogP contribution < -0.4 is 9.47 Å². The molecule has 0 heterocycles. The lowest BCUT2D eigenvalue weighted by Gasteiger charge is -2.19. The van der Waals surface area contributed by atoms with Crippen molar-refractivity contribution >= 4 is 0 Å². The van der Waals surface area contributed by atoms with Gasteiger partial charge in [-0.3, -0.25) is 0 Å². The van der Waals surface area contributed by atoms with E-state index >= 15 is 0 Å². The van der Waals surface area contributed by atoms with Crippen LogP contribution >= 0.6 is 0 Å². The van der Waals surface area contributed by atoms with Gasteiger partial charge in [0, 0.05) is 6.54 Å². The molecule has 19 heavy (non-hydrogen) atoms. The highest BCUT2D eigenvalue weighted by molar-refractivity contribution is 5.52. The summed E-state index contributed by atoms with van der Waals surface area (Å²) in [5.41, 5.74) is 1.07. The van der Waals surface area contributed by atoms with Gasteiger partial charge in [-0.2, -0.15) is 0 Å². The zero-order chi connectivity index (χ0) is 14.4.